The molecule has 0 heterocycles. The molecule has 0 aliphatic heterocycles. The molecule has 1 aliphatic rings. The lowest BCUT2D eigenvalue weighted by Gasteiger charge is -2.24. The molecule has 0 aromatic heterocycles. The number of likely N-dealkylation sites (N-methyl/N-ethyl adjacent to an activating group) is 1. The normalized spacial score (nSPS) is 23.5. The summed E-state index contributed by atoms with van der Waals surface area (Å²) in [5.41, 5.74) is 0. The smallest absolute Gasteiger partial charge is 0.241 e. The van der Waals surface area contributed by atoms with Crippen molar-refractivity contribution in [3.05, 3.63) is 0 Å². The molecule has 0 aromatic rings. The van der Waals surface area contributed by atoms with Crippen molar-refractivity contribution in [3.63, 3.8) is 0 Å². The van der Waals surface area contributed by atoms with Gasteiger partial charge in [-0.3, -0.25) is 9.59 Å². The number of nitrogens with zero attached hydrogens (tertiary/aromatic N) is 1. The number of nitrogens with one attached hydrogen (secondary N) is 1. The van der Waals surface area contributed by atoms with Gasteiger partial charge in [0.1, 0.15) is 0 Å². The van der Waals surface area contributed by atoms with Crippen LogP contribution >= 0.6 is 11.8 Å². The first-order valence-electron chi connectivity index (χ1n) is 6.16. The van der Waals surface area contributed by atoms with E-state index in [0.29, 0.717) is 11.3 Å². The number of hydrogen-bond acceptors (Lipinski definition) is 3. The lowest BCUT2D eigenvalue weighted by Crippen LogP contribution is -2.42. The first-order chi connectivity index (χ1) is 8.04. The summed E-state index contributed by atoms with van der Waals surface area (Å²) in [6.07, 6.45) is 3.36. The van der Waals surface area contributed by atoms with Crippen molar-refractivity contribution in [3.8, 4) is 0 Å². The van der Waals surface area contributed by atoms with Crippen LogP contribution in [0.1, 0.15) is 33.1 Å². The van der Waals surface area contributed by atoms with E-state index in [1.165, 1.54) is 13.3 Å². The molecule has 0 bridgehead atoms. The Morgan fingerprint density at radius 1 is 1.41 bits per heavy atom. The van der Waals surface area contributed by atoms with E-state index < -0.39 is 0 Å². The molecule has 1 rings (SSSR count). The van der Waals surface area contributed by atoms with Gasteiger partial charge in [0.05, 0.1) is 6.54 Å². The highest BCUT2D eigenvalue weighted by Crippen LogP contribution is 2.32. The van der Waals surface area contributed by atoms with Crippen LogP contribution in [0.3, 0.4) is 0 Å². The largest absolute Gasteiger partial charge is 0.347 e. The fraction of sp³-hybridized carbons (Fsp3) is 0.833. The van der Waals surface area contributed by atoms with Crippen molar-refractivity contribution in [1.82, 2.24) is 10.2 Å². The Morgan fingerprint density at radius 2 is 2.12 bits per heavy atom. The second-order valence-corrected chi connectivity index (χ2v) is 6.04. The summed E-state index contributed by atoms with van der Waals surface area (Å²) < 4.78 is 0. The average Bonchev–Trinajstić information content (AvgIpc) is 2.74. The average molecular weight is 258 g/mol. The van der Waals surface area contributed by atoms with Gasteiger partial charge in [0.25, 0.3) is 0 Å². The number of rotatable bonds is 5. The van der Waals surface area contributed by atoms with Crippen LogP contribution in [0.15, 0.2) is 0 Å². The van der Waals surface area contributed by atoms with E-state index >= 15 is 0 Å². The van der Waals surface area contributed by atoms with Crippen molar-refractivity contribution >= 4 is 23.6 Å². The maximum absolute atomic E-state index is 11.8. The van der Waals surface area contributed by atoms with Crippen LogP contribution in [0.25, 0.3) is 0 Å². The Kier molecular flexibility index (Phi) is 5.82. The first-order valence-corrected chi connectivity index (χ1v) is 7.21. The van der Waals surface area contributed by atoms with Crippen LogP contribution in [0.2, 0.25) is 0 Å². The van der Waals surface area contributed by atoms with Crippen molar-refractivity contribution < 1.29 is 9.59 Å². The molecule has 5 heteroatoms. The molecule has 17 heavy (non-hydrogen) atoms. The molecule has 2 amide bonds. The molecular weight excluding hydrogens is 236 g/mol. The minimum absolute atomic E-state index is 0.00680. The maximum atomic E-state index is 11.8. The number of thioether (sulfide) groups is 1. The first kappa shape index (κ1) is 14.4. The predicted octanol–water partition coefficient (Wildman–Crippen LogP) is 1.26. The van der Waals surface area contributed by atoms with Gasteiger partial charge in [0.2, 0.25) is 11.8 Å². The van der Waals surface area contributed by atoms with Crippen molar-refractivity contribution in [2.45, 2.75) is 44.4 Å². The lowest BCUT2D eigenvalue weighted by atomic mass is 10.2. The molecule has 98 valence electrons. The van der Waals surface area contributed by atoms with Gasteiger partial charge in [-0.25, -0.2) is 0 Å². The number of carbonyl (C=O) groups is 2. The van der Waals surface area contributed by atoms with Crippen LogP contribution < -0.4 is 5.32 Å². The molecule has 0 spiro atoms. The molecule has 0 unspecified atom stereocenters. The number of hydrogen-bond donors (Lipinski definition) is 1. The van der Waals surface area contributed by atoms with Gasteiger partial charge in [-0.2, -0.15) is 11.8 Å². The van der Waals surface area contributed by atoms with Crippen molar-refractivity contribution in [2.75, 3.05) is 19.3 Å². The molecule has 1 fully saturated rings. The minimum Gasteiger partial charge on any atom is -0.347 e. The SMILES string of the molecule is CCS[C@H]1CC[C@@H](N(C)C(=O)CNC(C)=O)C1. The van der Waals surface area contributed by atoms with Gasteiger partial charge in [-0.1, -0.05) is 6.92 Å². The van der Waals surface area contributed by atoms with E-state index in [2.05, 4.69) is 12.2 Å². The van der Waals surface area contributed by atoms with Gasteiger partial charge in [-0.15, -0.1) is 0 Å². The topological polar surface area (TPSA) is 49.4 Å². The molecule has 0 aromatic carbocycles. The second kappa shape index (κ2) is 6.89. The summed E-state index contributed by atoms with van der Waals surface area (Å²) >= 11 is 1.98. The van der Waals surface area contributed by atoms with Gasteiger partial charge in [-0.05, 0) is 25.0 Å². The van der Waals surface area contributed by atoms with Crippen LogP contribution in [0, 0.1) is 0 Å². The molecule has 4 nitrogen and oxygen atoms in total. The van der Waals surface area contributed by atoms with E-state index in [0.717, 1.165) is 18.6 Å². The molecule has 1 aliphatic carbocycles. The molecule has 2 atom stereocenters. The van der Waals surface area contributed by atoms with Crippen LogP contribution in [0.4, 0.5) is 0 Å². The van der Waals surface area contributed by atoms with Gasteiger partial charge in [0.15, 0.2) is 0 Å². The summed E-state index contributed by atoms with van der Waals surface area (Å²) in [5, 5.41) is 3.25. The number of carbonyl (C=O) groups excluding carboxylic acids is 2. The maximum Gasteiger partial charge on any atom is 0.241 e. The summed E-state index contributed by atoms with van der Waals surface area (Å²) in [4.78, 5) is 24.3. The third kappa shape index (κ3) is 4.58. The van der Waals surface area contributed by atoms with Gasteiger partial charge < -0.3 is 10.2 Å². The third-order valence-corrected chi connectivity index (χ3v) is 4.42. The Balaban J connectivity index is 2.35. The zero-order valence-corrected chi connectivity index (χ0v) is 11.7. The third-order valence-electron chi connectivity index (χ3n) is 3.19. The van der Waals surface area contributed by atoms with Crippen molar-refractivity contribution in [1.29, 1.82) is 0 Å². The summed E-state index contributed by atoms with van der Waals surface area (Å²) in [6.45, 7) is 3.72. The zero-order chi connectivity index (χ0) is 12.8. The van der Waals surface area contributed by atoms with E-state index in [-0.39, 0.29) is 18.4 Å². The monoisotopic (exact) mass is 258 g/mol. The molecule has 1 saturated carbocycles. The van der Waals surface area contributed by atoms with Crippen molar-refractivity contribution in [2.24, 2.45) is 0 Å². The highest BCUT2D eigenvalue weighted by Gasteiger charge is 2.29. The van der Waals surface area contributed by atoms with Crippen LogP contribution in [0.5, 0.6) is 0 Å². The Hall–Kier alpha value is -0.710. The molecular formula is C12H22N2O2S. The Bertz CT molecular complexity index is 284. The highest BCUT2D eigenvalue weighted by molar-refractivity contribution is 7.99. The fourth-order valence-electron chi connectivity index (χ4n) is 2.18. The Labute approximate surface area is 108 Å². The predicted molar refractivity (Wildman–Crippen MR) is 71.0 cm³/mol. The van der Waals surface area contributed by atoms with E-state index in [1.807, 2.05) is 18.8 Å². The number of amides is 2. The highest BCUT2D eigenvalue weighted by atomic mass is 32.2. The van der Waals surface area contributed by atoms with Crippen LogP contribution in [-0.4, -0.2) is 47.4 Å². The summed E-state index contributed by atoms with van der Waals surface area (Å²) in [5.74, 6) is 0.992. The zero-order valence-electron chi connectivity index (χ0n) is 10.9. The van der Waals surface area contributed by atoms with Gasteiger partial charge >= 0.3 is 0 Å². The molecule has 0 saturated heterocycles. The minimum atomic E-state index is -0.155. The fourth-order valence-corrected chi connectivity index (χ4v) is 3.32. The van der Waals surface area contributed by atoms with E-state index in [4.69, 9.17) is 0 Å². The van der Waals surface area contributed by atoms with E-state index in [9.17, 15) is 9.59 Å². The summed E-state index contributed by atoms with van der Waals surface area (Å²) in [7, 11) is 1.84. The standard InChI is InChI=1S/C12H22N2O2S/c1-4-17-11-6-5-10(7-11)14(3)12(16)8-13-9(2)15/h10-11H,4-8H2,1-3H3,(H,13,15)/t10-,11+/m1/s1. The summed E-state index contributed by atoms with van der Waals surface area (Å²) in [6, 6.07) is 0.348. The quantitative estimate of drug-likeness (QED) is 0.807. The molecule has 1 N–H and O–H groups in total. The van der Waals surface area contributed by atoms with Crippen LogP contribution in [-0.2, 0) is 9.59 Å². The molecule has 0 radical (unpaired) electrons. The lowest BCUT2D eigenvalue weighted by molar-refractivity contribution is -0.133. The van der Waals surface area contributed by atoms with Gasteiger partial charge in [0, 0.05) is 25.3 Å². The van der Waals surface area contributed by atoms with E-state index in [1.54, 1.807) is 4.90 Å². The second-order valence-electron chi connectivity index (χ2n) is 4.46. The Morgan fingerprint density at radius 3 is 2.71 bits per heavy atom.